The van der Waals surface area contributed by atoms with Crippen molar-refractivity contribution in [2.24, 2.45) is 0 Å². The highest BCUT2D eigenvalue weighted by Gasteiger charge is 2.15. The number of piperazine rings is 2. The summed E-state index contributed by atoms with van der Waals surface area (Å²) in [5.74, 6) is -0.651. The Balaban J connectivity index is 1.19. The van der Waals surface area contributed by atoms with Crippen LogP contribution in [0.2, 0.25) is 0 Å². The number of rotatable bonds is 6. The molecule has 5 rings (SSSR count). The summed E-state index contributed by atoms with van der Waals surface area (Å²) >= 11 is 0. The van der Waals surface area contributed by atoms with Crippen LogP contribution < -0.4 is 31.1 Å². The molecule has 3 heterocycles. The van der Waals surface area contributed by atoms with E-state index in [1.807, 2.05) is 48.5 Å². The number of carbonyl (C=O) groups is 2. The molecule has 0 saturated carbocycles. The third-order valence-electron chi connectivity index (χ3n) is 6.47. The Kier molecular flexibility index (Phi) is 7.39. The quantitative estimate of drug-likeness (QED) is 0.425. The van der Waals surface area contributed by atoms with Gasteiger partial charge < -0.3 is 31.1 Å². The average molecular weight is 486 g/mol. The van der Waals surface area contributed by atoms with Crippen molar-refractivity contribution in [2.75, 3.05) is 72.8 Å². The monoisotopic (exact) mass is 485 g/mol. The topological polar surface area (TPSA) is 102 Å². The van der Waals surface area contributed by atoms with Crippen LogP contribution >= 0.6 is 0 Å². The van der Waals surface area contributed by atoms with Crippen molar-refractivity contribution >= 4 is 34.6 Å². The number of hydrogen-bond acceptors (Lipinski definition) is 7. The molecule has 2 aliphatic rings. The van der Waals surface area contributed by atoms with E-state index >= 15 is 0 Å². The second kappa shape index (κ2) is 11.2. The van der Waals surface area contributed by atoms with Gasteiger partial charge in [-0.25, -0.2) is 0 Å². The molecule has 1 aromatic heterocycles. The third-order valence-corrected chi connectivity index (χ3v) is 6.47. The van der Waals surface area contributed by atoms with E-state index in [1.54, 1.807) is 6.07 Å². The number of nitrogens with one attached hydrogen (secondary N) is 4. The molecule has 0 spiro atoms. The van der Waals surface area contributed by atoms with Gasteiger partial charge in [-0.3, -0.25) is 14.6 Å². The van der Waals surface area contributed by atoms with Gasteiger partial charge in [0.05, 0.1) is 0 Å². The minimum Gasteiger partial charge on any atom is -0.369 e. The first-order valence-corrected chi connectivity index (χ1v) is 12.4. The number of benzene rings is 2. The van der Waals surface area contributed by atoms with Crippen molar-refractivity contribution in [1.29, 1.82) is 0 Å². The summed E-state index contributed by atoms with van der Waals surface area (Å²) in [6.45, 7) is 7.74. The number of nitrogens with zero attached hydrogens (tertiary/aromatic N) is 3. The lowest BCUT2D eigenvalue weighted by Crippen LogP contribution is -2.43. The Morgan fingerprint density at radius 3 is 1.64 bits per heavy atom. The first-order valence-electron chi connectivity index (χ1n) is 12.4. The molecular weight excluding hydrogens is 454 g/mol. The normalized spacial score (nSPS) is 15.9. The van der Waals surface area contributed by atoms with Gasteiger partial charge in [0.25, 0.3) is 11.8 Å². The molecule has 2 aromatic carbocycles. The van der Waals surface area contributed by atoms with E-state index in [0.717, 1.165) is 63.7 Å². The summed E-state index contributed by atoms with van der Waals surface area (Å²) in [7, 11) is 0. The molecule has 0 unspecified atom stereocenters. The lowest BCUT2D eigenvalue weighted by atomic mass is 10.2. The van der Waals surface area contributed by atoms with Gasteiger partial charge in [0.1, 0.15) is 5.69 Å². The Morgan fingerprint density at radius 1 is 0.667 bits per heavy atom. The highest BCUT2D eigenvalue weighted by Crippen LogP contribution is 2.20. The van der Waals surface area contributed by atoms with Crippen molar-refractivity contribution in [2.45, 2.75) is 0 Å². The van der Waals surface area contributed by atoms with Gasteiger partial charge in [-0.2, -0.15) is 0 Å². The van der Waals surface area contributed by atoms with Gasteiger partial charge in [0, 0.05) is 86.9 Å². The van der Waals surface area contributed by atoms with Gasteiger partial charge in [0.15, 0.2) is 0 Å². The molecule has 0 atom stereocenters. The van der Waals surface area contributed by atoms with E-state index in [2.05, 4.69) is 36.1 Å². The fraction of sp³-hybridized carbons (Fsp3) is 0.296. The maximum atomic E-state index is 12.8. The lowest BCUT2D eigenvalue weighted by Gasteiger charge is -2.29. The van der Waals surface area contributed by atoms with Gasteiger partial charge in [-0.15, -0.1) is 0 Å². The van der Waals surface area contributed by atoms with Crippen molar-refractivity contribution in [1.82, 2.24) is 15.6 Å². The first kappa shape index (κ1) is 23.8. The number of pyridine rings is 1. The molecule has 2 aliphatic heterocycles. The summed E-state index contributed by atoms with van der Waals surface area (Å²) in [6, 6.07) is 18.7. The smallest absolute Gasteiger partial charge is 0.274 e. The molecule has 0 aliphatic carbocycles. The average Bonchev–Trinajstić information content (AvgIpc) is 2.95. The predicted octanol–water partition coefficient (Wildman–Crippen LogP) is 2.41. The Bertz CT molecular complexity index is 1090. The zero-order valence-corrected chi connectivity index (χ0v) is 20.2. The highest BCUT2D eigenvalue weighted by atomic mass is 16.2. The number of hydrogen-bond donors (Lipinski definition) is 4. The first-order chi connectivity index (χ1) is 17.7. The van der Waals surface area contributed by atoms with Crippen LogP contribution in [-0.4, -0.2) is 69.2 Å². The molecule has 36 heavy (non-hydrogen) atoms. The van der Waals surface area contributed by atoms with E-state index in [1.165, 1.54) is 12.3 Å². The van der Waals surface area contributed by atoms with Crippen LogP contribution in [-0.2, 0) is 0 Å². The number of amides is 2. The van der Waals surface area contributed by atoms with E-state index in [4.69, 9.17) is 0 Å². The van der Waals surface area contributed by atoms with Crippen molar-refractivity contribution in [3.8, 4) is 0 Å². The minimum absolute atomic E-state index is 0.183. The summed E-state index contributed by atoms with van der Waals surface area (Å²) in [4.78, 5) is 34.4. The second-order valence-electron chi connectivity index (χ2n) is 8.91. The van der Waals surface area contributed by atoms with Crippen LogP contribution in [0.25, 0.3) is 0 Å². The molecular formula is C27H31N7O2. The molecule has 4 N–H and O–H groups in total. The van der Waals surface area contributed by atoms with Crippen LogP contribution in [0.15, 0.2) is 66.9 Å². The minimum atomic E-state index is -0.361. The molecule has 0 bridgehead atoms. The van der Waals surface area contributed by atoms with Crippen LogP contribution in [0, 0.1) is 0 Å². The molecule has 186 valence electrons. The molecule has 0 radical (unpaired) electrons. The molecule has 3 aromatic rings. The Labute approximate surface area is 210 Å². The number of carbonyl (C=O) groups excluding carboxylic acids is 2. The Morgan fingerprint density at radius 2 is 1.14 bits per heavy atom. The largest absolute Gasteiger partial charge is 0.369 e. The van der Waals surface area contributed by atoms with Gasteiger partial charge in [0.2, 0.25) is 0 Å². The highest BCUT2D eigenvalue weighted by molar-refractivity contribution is 6.07. The van der Waals surface area contributed by atoms with Crippen molar-refractivity contribution < 1.29 is 9.59 Å². The molecule has 2 saturated heterocycles. The number of anilines is 4. The summed E-state index contributed by atoms with van der Waals surface area (Å²) < 4.78 is 0. The lowest BCUT2D eigenvalue weighted by molar-refractivity contribution is 0.102. The molecule has 9 nitrogen and oxygen atoms in total. The molecule has 2 amide bonds. The maximum Gasteiger partial charge on any atom is 0.274 e. The van der Waals surface area contributed by atoms with Crippen LogP contribution in [0.1, 0.15) is 20.8 Å². The fourth-order valence-corrected chi connectivity index (χ4v) is 4.45. The SMILES string of the molecule is O=C(Nc1ccc(N2CCNCC2)cc1)c1ccnc(C(=O)Nc2ccc(N3CCNCC3)cc2)c1. The van der Waals surface area contributed by atoms with Gasteiger partial charge in [-0.05, 0) is 60.7 Å². The van der Waals surface area contributed by atoms with Crippen molar-refractivity contribution in [3.63, 3.8) is 0 Å². The molecule has 9 heteroatoms. The molecule has 2 fully saturated rings. The van der Waals surface area contributed by atoms with E-state index in [9.17, 15) is 9.59 Å². The van der Waals surface area contributed by atoms with Gasteiger partial charge >= 0.3 is 0 Å². The summed E-state index contributed by atoms with van der Waals surface area (Å²) in [5, 5.41) is 12.5. The predicted molar refractivity (Wildman–Crippen MR) is 143 cm³/mol. The maximum absolute atomic E-state index is 12.8. The zero-order chi connectivity index (χ0) is 24.7. The second-order valence-corrected chi connectivity index (χ2v) is 8.91. The van der Waals surface area contributed by atoms with Crippen LogP contribution in [0.4, 0.5) is 22.7 Å². The Hall–Kier alpha value is -3.95. The van der Waals surface area contributed by atoms with Crippen LogP contribution in [0.5, 0.6) is 0 Å². The summed E-state index contributed by atoms with van der Waals surface area (Å²) in [5.41, 5.74) is 4.20. The fourth-order valence-electron chi connectivity index (χ4n) is 4.45. The van der Waals surface area contributed by atoms with E-state index < -0.39 is 0 Å². The summed E-state index contributed by atoms with van der Waals surface area (Å²) in [6.07, 6.45) is 1.48. The van der Waals surface area contributed by atoms with Gasteiger partial charge in [-0.1, -0.05) is 0 Å². The standard InChI is InChI=1S/C27H31N7O2/c35-26(31-21-1-5-23(6-2-21)33-15-11-28-12-16-33)20-9-10-30-25(19-20)27(36)32-22-3-7-24(8-4-22)34-17-13-29-14-18-34/h1-10,19,28-29H,11-18H2,(H,31,35)(H,32,36). The number of aromatic nitrogens is 1. The van der Waals surface area contributed by atoms with E-state index in [0.29, 0.717) is 16.9 Å². The third kappa shape index (κ3) is 5.81. The zero-order valence-electron chi connectivity index (χ0n) is 20.2. The van der Waals surface area contributed by atoms with Crippen LogP contribution in [0.3, 0.4) is 0 Å². The van der Waals surface area contributed by atoms with E-state index in [-0.39, 0.29) is 17.5 Å². The van der Waals surface area contributed by atoms with Crippen molar-refractivity contribution in [3.05, 3.63) is 78.1 Å².